The Morgan fingerprint density at radius 3 is 2.53 bits per heavy atom. The van der Waals surface area contributed by atoms with Crippen LogP contribution in [0.25, 0.3) is 0 Å². The Labute approximate surface area is 94.6 Å². The number of nitrogens with one attached hydrogen (secondary N) is 1. The molecule has 1 aromatic rings. The van der Waals surface area contributed by atoms with Crippen LogP contribution in [-0.4, -0.2) is 0 Å². The minimum absolute atomic E-state index is 0.0387. The molecular formula is C10H6F3N3O. The summed E-state index contributed by atoms with van der Waals surface area (Å²) in [6.07, 6.45) is -2.73. The molecular weight excluding hydrogens is 235 g/mol. The summed E-state index contributed by atoms with van der Waals surface area (Å²) >= 11 is 0. The minimum Gasteiger partial charge on any atom is -0.467 e. The lowest BCUT2D eigenvalue weighted by Gasteiger charge is -1.99. The molecule has 0 unspecified atom stereocenters. The molecule has 0 amide bonds. The summed E-state index contributed by atoms with van der Waals surface area (Å²) in [5.74, 6) is 0.0591. The third-order valence-electron chi connectivity index (χ3n) is 1.74. The highest BCUT2D eigenvalue weighted by Crippen LogP contribution is 2.30. The van der Waals surface area contributed by atoms with E-state index < -0.39 is 11.7 Å². The van der Waals surface area contributed by atoms with Gasteiger partial charge in [0.05, 0.1) is 12.1 Å². The van der Waals surface area contributed by atoms with Gasteiger partial charge in [0.1, 0.15) is 29.7 Å². The van der Waals surface area contributed by atoms with Gasteiger partial charge in [-0.05, 0) is 6.07 Å². The number of allylic oxidation sites excluding steroid dienone is 1. The number of halogens is 3. The first-order valence-corrected chi connectivity index (χ1v) is 4.35. The van der Waals surface area contributed by atoms with Crippen LogP contribution in [-0.2, 0) is 12.7 Å². The lowest BCUT2D eigenvalue weighted by atomic mass is 10.3. The molecule has 17 heavy (non-hydrogen) atoms. The van der Waals surface area contributed by atoms with Crippen LogP contribution in [0.15, 0.2) is 28.5 Å². The Bertz CT molecular complexity index is 486. The number of hydrogen-bond donors (Lipinski definition) is 1. The van der Waals surface area contributed by atoms with Gasteiger partial charge in [-0.15, -0.1) is 0 Å². The zero-order chi connectivity index (χ0) is 12.9. The summed E-state index contributed by atoms with van der Waals surface area (Å²) in [6.45, 7) is -0.0387. The van der Waals surface area contributed by atoms with Crippen molar-refractivity contribution < 1.29 is 17.6 Å². The summed E-state index contributed by atoms with van der Waals surface area (Å²) in [7, 11) is 0. The first-order valence-electron chi connectivity index (χ1n) is 4.35. The van der Waals surface area contributed by atoms with Gasteiger partial charge in [-0.2, -0.15) is 23.7 Å². The number of rotatable bonds is 3. The van der Waals surface area contributed by atoms with Crippen molar-refractivity contribution in [1.82, 2.24) is 5.32 Å². The average molecular weight is 241 g/mol. The van der Waals surface area contributed by atoms with E-state index in [1.54, 1.807) is 12.1 Å². The predicted octanol–water partition coefficient (Wildman–Crippen LogP) is 2.32. The molecule has 0 aliphatic rings. The maximum absolute atomic E-state index is 12.2. The molecule has 4 nitrogen and oxygen atoms in total. The number of hydrogen-bond acceptors (Lipinski definition) is 4. The van der Waals surface area contributed by atoms with Crippen LogP contribution in [0.3, 0.4) is 0 Å². The normalized spacial score (nSPS) is 10.2. The van der Waals surface area contributed by atoms with E-state index in [1.807, 2.05) is 0 Å². The second-order valence-corrected chi connectivity index (χ2v) is 2.96. The maximum atomic E-state index is 12.2. The molecule has 7 heteroatoms. The van der Waals surface area contributed by atoms with Gasteiger partial charge in [0.15, 0.2) is 0 Å². The van der Waals surface area contributed by atoms with Crippen LogP contribution in [0.2, 0.25) is 0 Å². The van der Waals surface area contributed by atoms with Crippen LogP contribution < -0.4 is 5.32 Å². The van der Waals surface area contributed by atoms with Gasteiger partial charge in [0, 0.05) is 6.20 Å². The number of furan rings is 1. The highest BCUT2D eigenvalue weighted by Gasteiger charge is 2.32. The van der Waals surface area contributed by atoms with E-state index in [-0.39, 0.29) is 17.9 Å². The molecule has 0 radical (unpaired) electrons. The van der Waals surface area contributed by atoms with Crippen LogP contribution in [0.4, 0.5) is 13.2 Å². The Morgan fingerprint density at radius 2 is 2.06 bits per heavy atom. The fraction of sp³-hybridized carbons (Fsp3) is 0.200. The SMILES string of the molecule is N#CC(C#N)=CNCc1cc(C(F)(F)F)co1. The lowest BCUT2D eigenvalue weighted by Crippen LogP contribution is -2.05. The fourth-order valence-electron chi connectivity index (χ4n) is 0.965. The van der Waals surface area contributed by atoms with Crippen LogP contribution in [0.5, 0.6) is 0 Å². The van der Waals surface area contributed by atoms with Gasteiger partial charge in [0.25, 0.3) is 0 Å². The molecule has 0 aromatic carbocycles. The van der Waals surface area contributed by atoms with E-state index in [0.29, 0.717) is 6.26 Å². The van der Waals surface area contributed by atoms with Gasteiger partial charge >= 0.3 is 6.18 Å². The Morgan fingerprint density at radius 1 is 1.41 bits per heavy atom. The second-order valence-electron chi connectivity index (χ2n) is 2.96. The summed E-state index contributed by atoms with van der Waals surface area (Å²) in [6, 6.07) is 4.04. The van der Waals surface area contributed by atoms with Gasteiger partial charge < -0.3 is 9.73 Å². The van der Waals surface area contributed by atoms with Crippen molar-refractivity contribution in [1.29, 1.82) is 10.5 Å². The smallest absolute Gasteiger partial charge is 0.419 e. The third kappa shape index (κ3) is 3.58. The van der Waals surface area contributed by atoms with Crippen molar-refractivity contribution >= 4 is 0 Å². The monoisotopic (exact) mass is 241 g/mol. The minimum atomic E-state index is -4.44. The molecule has 0 saturated carbocycles. The number of alkyl halides is 3. The second kappa shape index (κ2) is 5.08. The standard InChI is InChI=1S/C10H6F3N3O/c11-10(12,13)8-1-9(17-6-8)5-16-4-7(2-14)3-15/h1,4,6,16H,5H2. The van der Waals surface area contributed by atoms with E-state index in [2.05, 4.69) is 9.73 Å². The van der Waals surface area contributed by atoms with Gasteiger partial charge in [-0.25, -0.2) is 0 Å². The molecule has 0 aliphatic heterocycles. The Hall–Kier alpha value is -2.41. The molecule has 1 N–H and O–H groups in total. The molecule has 1 rings (SSSR count). The van der Waals surface area contributed by atoms with E-state index in [4.69, 9.17) is 10.5 Å². The van der Waals surface area contributed by atoms with Crippen molar-refractivity contribution in [3.05, 3.63) is 35.4 Å². The molecule has 1 heterocycles. The van der Waals surface area contributed by atoms with Crippen LogP contribution in [0.1, 0.15) is 11.3 Å². The third-order valence-corrected chi connectivity index (χ3v) is 1.74. The Kier molecular flexibility index (Phi) is 3.78. The van der Waals surface area contributed by atoms with Gasteiger partial charge in [-0.3, -0.25) is 0 Å². The zero-order valence-corrected chi connectivity index (χ0v) is 8.38. The van der Waals surface area contributed by atoms with Crippen molar-refractivity contribution in [2.24, 2.45) is 0 Å². The molecule has 1 aromatic heterocycles. The molecule has 0 atom stereocenters. The number of nitriles is 2. The predicted molar refractivity (Wildman–Crippen MR) is 49.9 cm³/mol. The van der Waals surface area contributed by atoms with Gasteiger partial charge in [0.2, 0.25) is 0 Å². The fourth-order valence-corrected chi connectivity index (χ4v) is 0.965. The van der Waals surface area contributed by atoms with E-state index >= 15 is 0 Å². The van der Waals surface area contributed by atoms with E-state index in [1.165, 1.54) is 0 Å². The molecule has 0 bridgehead atoms. The van der Waals surface area contributed by atoms with Crippen molar-refractivity contribution in [2.45, 2.75) is 12.7 Å². The molecule has 0 saturated heterocycles. The topological polar surface area (TPSA) is 72.8 Å². The summed E-state index contributed by atoms with van der Waals surface area (Å²) in [5.41, 5.74) is -1.05. The first kappa shape index (κ1) is 12.7. The highest BCUT2D eigenvalue weighted by atomic mass is 19.4. The van der Waals surface area contributed by atoms with E-state index in [9.17, 15) is 13.2 Å². The Balaban J connectivity index is 2.61. The highest BCUT2D eigenvalue weighted by molar-refractivity contribution is 5.34. The molecule has 0 fully saturated rings. The lowest BCUT2D eigenvalue weighted by molar-refractivity contribution is -0.137. The van der Waals surface area contributed by atoms with Crippen LogP contribution >= 0.6 is 0 Å². The van der Waals surface area contributed by atoms with Crippen molar-refractivity contribution in [3.63, 3.8) is 0 Å². The summed E-state index contributed by atoms with van der Waals surface area (Å²) < 4.78 is 41.2. The van der Waals surface area contributed by atoms with Crippen molar-refractivity contribution in [2.75, 3.05) is 0 Å². The zero-order valence-electron chi connectivity index (χ0n) is 8.38. The van der Waals surface area contributed by atoms with E-state index in [0.717, 1.165) is 12.3 Å². The quantitative estimate of drug-likeness (QED) is 0.824. The molecule has 0 spiro atoms. The average Bonchev–Trinajstić information content (AvgIpc) is 2.73. The number of nitrogens with zero attached hydrogens (tertiary/aromatic N) is 2. The first-order chi connectivity index (χ1) is 7.97. The summed E-state index contributed by atoms with van der Waals surface area (Å²) in [4.78, 5) is 0. The maximum Gasteiger partial charge on any atom is 0.419 e. The molecule has 88 valence electrons. The molecule has 0 aliphatic carbocycles. The largest absolute Gasteiger partial charge is 0.467 e. The summed E-state index contributed by atoms with van der Waals surface area (Å²) in [5, 5.41) is 19.3. The van der Waals surface area contributed by atoms with Crippen LogP contribution in [0, 0.1) is 22.7 Å². The van der Waals surface area contributed by atoms with Crippen molar-refractivity contribution in [3.8, 4) is 12.1 Å². The van der Waals surface area contributed by atoms with Gasteiger partial charge in [-0.1, -0.05) is 0 Å².